The molecule has 1 unspecified atom stereocenters. The molecule has 5 heteroatoms. The molecule has 128 valence electrons. The Bertz CT molecular complexity index is 508. The maximum atomic E-state index is 14.2. The zero-order chi connectivity index (χ0) is 16.1. The van der Waals surface area contributed by atoms with Crippen LogP contribution in [-0.2, 0) is 11.3 Å². The van der Waals surface area contributed by atoms with Gasteiger partial charge in [0.2, 0.25) is 0 Å². The average Bonchev–Trinajstić information content (AvgIpc) is 2.59. The molecule has 2 heterocycles. The minimum absolute atomic E-state index is 0.226. The van der Waals surface area contributed by atoms with Crippen LogP contribution in [0.15, 0.2) is 18.2 Å². The molecule has 2 fully saturated rings. The molecule has 2 aliphatic rings. The molecule has 2 aliphatic heterocycles. The van der Waals surface area contributed by atoms with E-state index in [0.29, 0.717) is 12.6 Å². The van der Waals surface area contributed by atoms with Gasteiger partial charge in [-0.1, -0.05) is 30.2 Å². The van der Waals surface area contributed by atoms with Crippen molar-refractivity contribution in [3.63, 3.8) is 0 Å². The van der Waals surface area contributed by atoms with Crippen molar-refractivity contribution in [3.05, 3.63) is 34.6 Å². The van der Waals surface area contributed by atoms with Crippen molar-refractivity contribution >= 4 is 11.6 Å². The molecule has 0 aliphatic carbocycles. The first kappa shape index (κ1) is 17.2. The highest BCUT2D eigenvalue weighted by Gasteiger charge is 2.24. The predicted molar refractivity (Wildman–Crippen MR) is 91.3 cm³/mol. The average molecular weight is 341 g/mol. The predicted octanol–water partition coefficient (Wildman–Crippen LogP) is 3.56. The number of hydrogen-bond donors (Lipinski definition) is 0. The van der Waals surface area contributed by atoms with Crippen LogP contribution in [0.5, 0.6) is 0 Å². The Kier molecular flexibility index (Phi) is 6.29. The van der Waals surface area contributed by atoms with Crippen molar-refractivity contribution in [2.45, 2.75) is 38.3 Å². The van der Waals surface area contributed by atoms with Gasteiger partial charge in [0.05, 0.1) is 18.2 Å². The first-order chi connectivity index (χ1) is 11.2. The van der Waals surface area contributed by atoms with E-state index in [0.717, 1.165) is 51.4 Å². The highest BCUT2D eigenvalue weighted by Crippen LogP contribution is 2.25. The van der Waals surface area contributed by atoms with Crippen molar-refractivity contribution in [2.24, 2.45) is 0 Å². The molecule has 0 bridgehead atoms. The van der Waals surface area contributed by atoms with Gasteiger partial charge in [0.25, 0.3) is 0 Å². The van der Waals surface area contributed by atoms with Gasteiger partial charge < -0.3 is 4.74 Å². The zero-order valence-electron chi connectivity index (χ0n) is 13.6. The molecular formula is C18H26ClFN2O. The van der Waals surface area contributed by atoms with Gasteiger partial charge in [-0.05, 0) is 38.4 Å². The second kappa shape index (κ2) is 8.43. The van der Waals surface area contributed by atoms with Gasteiger partial charge in [-0.25, -0.2) is 4.39 Å². The van der Waals surface area contributed by atoms with E-state index in [1.165, 1.54) is 19.3 Å². The standard InChI is InChI=1S/C18H26ClFN2O/c19-17-6-3-4-15(18(17)20)14-22-8-2-1-5-16(22)7-9-21-10-12-23-13-11-21/h3-4,6,16H,1-2,5,7-14H2. The highest BCUT2D eigenvalue weighted by atomic mass is 35.5. The van der Waals surface area contributed by atoms with Crippen molar-refractivity contribution in [1.82, 2.24) is 9.80 Å². The quantitative estimate of drug-likeness (QED) is 0.815. The summed E-state index contributed by atoms with van der Waals surface area (Å²) in [5.74, 6) is -0.258. The van der Waals surface area contributed by atoms with E-state index in [-0.39, 0.29) is 10.8 Å². The van der Waals surface area contributed by atoms with Crippen molar-refractivity contribution in [1.29, 1.82) is 0 Å². The van der Waals surface area contributed by atoms with E-state index in [9.17, 15) is 4.39 Å². The van der Waals surface area contributed by atoms with Crippen LogP contribution in [-0.4, -0.2) is 55.2 Å². The van der Waals surface area contributed by atoms with Crippen LogP contribution in [0.3, 0.4) is 0 Å². The van der Waals surface area contributed by atoms with E-state index in [1.807, 2.05) is 12.1 Å². The fraction of sp³-hybridized carbons (Fsp3) is 0.667. The number of halogens is 2. The zero-order valence-corrected chi connectivity index (χ0v) is 14.4. The smallest absolute Gasteiger partial charge is 0.146 e. The SMILES string of the molecule is Fc1c(Cl)cccc1CN1CCCCC1CCN1CCOCC1. The van der Waals surface area contributed by atoms with Crippen LogP contribution < -0.4 is 0 Å². The normalized spacial score (nSPS) is 24.0. The maximum absolute atomic E-state index is 14.2. The summed E-state index contributed by atoms with van der Waals surface area (Å²) in [7, 11) is 0. The Balaban J connectivity index is 1.58. The minimum Gasteiger partial charge on any atom is -0.379 e. The van der Waals surface area contributed by atoms with Gasteiger partial charge in [-0.15, -0.1) is 0 Å². The molecule has 2 saturated heterocycles. The monoisotopic (exact) mass is 340 g/mol. The molecule has 3 rings (SSSR count). The minimum atomic E-state index is -0.258. The highest BCUT2D eigenvalue weighted by molar-refractivity contribution is 6.30. The van der Waals surface area contributed by atoms with Crippen LogP contribution >= 0.6 is 11.6 Å². The summed E-state index contributed by atoms with van der Waals surface area (Å²) in [5.41, 5.74) is 0.718. The molecular weight excluding hydrogens is 315 g/mol. The molecule has 23 heavy (non-hydrogen) atoms. The Morgan fingerprint density at radius 3 is 2.83 bits per heavy atom. The van der Waals surface area contributed by atoms with Crippen LogP contribution in [0.2, 0.25) is 5.02 Å². The van der Waals surface area contributed by atoms with Gasteiger partial charge in [0.15, 0.2) is 0 Å². The third kappa shape index (κ3) is 4.66. The number of likely N-dealkylation sites (tertiary alicyclic amines) is 1. The number of hydrogen-bond acceptors (Lipinski definition) is 3. The summed E-state index contributed by atoms with van der Waals surface area (Å²) >= 11 is 5.92. The fourth-order valence-corrected chi connectivity index (χ4v) is 3.83. The molecule has 1 atom stereocenters. The van der Waals surface area contributed by atoms with Crippen LogP contribution in [0.1, 0.15) is 31.2 Å². The Labute approximate surface area is 143 Å². The summed E-state index contributed by atoms with van der Waals surface area (Å²) in [6.07, 6.45) is 4.85. The molecule has 0 spiro atoms. The molecule has 0 amide bonds. The van der Waals surface area contributed by atoms with E-state index >= 15 is 0 Å². The second-order valence-electron chi connectivity index (χ2n) is 6.58. The van der Waals surface area contributed by atoms with E-state index in [2.05, 4.69) is 9.80 Å². The molecule has 1 aromatic carbocycles. The van der Waals surface area contributed by atoms with Crippen molar-refractivity contribution in [2.75, 3.05) is 39.4 Å². The summed E-state index contributed by atoms with van der Waals surface area (Å²) in [6.45, 7) is 6.61. The third-order valence-electron chi connectivity index (χ3n) is 5.04. The van der Waals surface area contributed by atoms with Crippen molar-refractivity contribution in [3.8, 4) is 0 Å². The number of morpholine rings is 1. The van der Waals surface area contributed by atoms with E-state index < -0.39 is 0 Å². The lowest BCUT2D eigenvalue weighted by Crippen LogP contribution is -2.43. The Morgan fingerprint density at radius 1 is 1.17 bits per heavy atom. The summed E-state index contributed by atoms with van der Waals surface area (Å²) < 4.78 is 19.6. The number of piperidine rings is 1. The van der Waals surface area contributed by atoms with Crippen molar-refractivity contribution < 1.29 is 9.13 Å². The number of rotatable bonds is 5. The summed E-state index contributed by atoms with van der Waals surface area (Å²) in [4.78, 5) is 4.93. The van der Waals surface area contributed by atoms with E-state index in [1.54, 1.807) is 6.07 Å². The summed E-state index contributed by atoms with van der Waals surface area (Å²) in [6, 6.07) is 5.86. The molecule has 0 saturated carbocycles. The molecule has 3 nitrogen and oxygen atoms in total. The first-order valence-corrected chi connectivity index (χ1v) is 9.09. The van der Waals surface area contributed by atoms with Crippen LogP contribution in [0, 0.1) is 5.82 Å². The lowest BCUT2D eigenvalue weighted by Gasteiger charge is -2.37. The fourth-order valence-electron chi connectivity index (χ4n) is 3.64. The first-order valence-electron chi connectivity index (χ1n) is 8.71. The second-order valence-corrected chi connectivity index (χ2v) is 6.98. The van der Waals surface area contributed by atoms with Crippen LogP contribution in [0.4, 0.5) is 4.39 Å². The third-order valence-corrected chi connectivity index (χ3v) is 5.33. The molecule has 0 aromatic heterocycles. The topological polar surface area (TPSA) is 15.7 Å². The van der Waals surface area contributed by atoms with Gasteiger partial charge in [0, 0.05) is 31.2 Å². The lowest BCUT2D eigenvalue weighted by molar-refractivity contribution is 0.0301. The van der Waals surface area contributed by atoms with Gasteiger partial charge in [-0.3, -0.25) is 9.80 Å². The number of ether oxygens (including phenoxy) is 1. The molecule has 1 aromatic rings. The maximum Gasteiger partial charge on any atom is 0.146 e. The molecule has 0 N–H and O–H groups in total. The Hall–Kier alpha value is -0.680. The molecule has 0 radical (unpaired) electrons. The largest absolute Gasteiger partial charge is 0.379 e. The Morgan fingerprint density at radius 2 is 2.00 bits per heavy atom. The van der Waals surface area contributed by atoms with Gasteiger partial charge in [-0.2, -0.15) is 0 Å². The lowest BCUT2D eigenvalue weighted by atomic mass is 9.98. The number of benzene rings is 1. The summed E-state index contributed by atoms with van der Waals surface area (Å²) in [5, 5.41) is 0.226. The van der Waals surface area contributed by atoms with Gasteiger partial charge >= 0.3 is 0 Å². The van der Waals surface area contributed by atoms with Crippen LogP contribution in [0.25, 0.3) is 0 Å². The van der Waals surface area contributed by atoms with Gasteiger partial charge in [0.1, 0.15) is 5.82 Å². The van der Waals surface area contributed by atoms with E-state index in [4.69, 9.17) is 16.3 Å². The number of nitrogens with zero attached hydrogens (tertiary/aromatic N) is 2.